The van der Waals surface area contributed by atoms with Crippen LogP contribution in [0, 0.1) is 13.8 Å². The van der Waals surface area contributed by atoms with Crippen molar-refractivity contribution in [3.63, 3.8) is 0 Å². The van der Waals surface area contributed by atoms with E-state index >= 15 is 0 Å². The summed E-state index contributed by atoms with van der Waals surface area (Å²) in [5, 5.41) is 3.33. The van der Waals surface area contributed by atoms with E-state index in [1.807, 2.05) is 33.0 Å². The first-order valence-corrected chi connectivity index (χ1v) is 5.72. The lowest BCUT2D eigenvalue weighted by Crippen LogP contribution is -2.18. The Labute approximate surface area is 101 Å². The summed E-state index contributed by atoms with van der Waals surface area (Å²) in [6.07, 6.45) is 3.61. The van der Waals surface area contributed by atoms with Crippen molar-refractivity contribution < 1.29 is 4.42 Å². The zero-order chi connectivity index (χ0) is 12.3. The van der Waals surface area contributed by atoms with Crippen molar-refractivity contribution in [3.8, 4) is 0 Å². The van der Waals surface area contributed by atoms with Crippen LogP contribution in [-0.4, -0.2) is 9.97 Å². The molecule has 4 nitrogen and oxygen atoms in total. The van der Waals surface area contributed by atoms with Gasteiger partial charge in [-0.2, -0.15) is 0 Å². The molecular formula is C13H17N3O. The van der Waals surface area contributed by atoms with Gasteiger partial charge in [-0.15, -0.1) is 0 Å². The third-order valence-electron chi connectivity index (χ3n) is 2.57. The number of oxazole rings is 1. The highest BCUT2D eigenvalue weighted by Crippen LogP contribution is 2.12. The fourth-order valence-electron chi connectivity index (χ4n) is 1.52. The fourth-order valence-corrected chi connectivity index (χ4v) is 1.52. The number of pyridine rings is 1. The number of aromatic nitrogens is 2. The minimum Gasteiger partial charge on any atom is -0.444 e. The van der Waals surface area contributed by atoms with Gasteiger partial charge in [-0.05, 0) is 32.4 Å². The summed E-state index contributed by atoms with van der Waals surface area (Å²) in [6.45, 7) is 6.66. The van der Waals surface area contributed by atoms with Gasteiger partial charge >= 0.3 is 0 Å². The van der Waals surface area contributed by atoms with Crippen molar-refractivity contribution in [2.75, 3.05) is 0 Å². The smallest absolute Gasteiger partial charge is 0.211 e. The minimum absolute atomic E-state index is 0.0896. The highest BCUT2D eigenvalue weighted by molar-refractivity contribution is 5.12. The van der Waals surface area contributed by atoms with Crippen LogP contribution in [0.1, 0.15) is 35.9 Å². The standard InChI is InChI=1S/C13H17N3O/c1-9-4-5-12(15-6-9)8-14-11(3)13-16-7-10(2)17-13/h4-7,11,14H,8H2,1-3H3. The SMILES string of the molecule is Cc1ccc(CNC(C)c2ncc(C)o2)nc1. The van der Waals surface area contributed by atoms with E-state index in [9.17, 15) is 0 Å². The predicted octanol–water partition coefficient (Wildman–Crippen LogP) is 2.54. The van der Waals surface area contributed by atoms with Crippen molar-refractivity contribution in [1.82, 2.24) is 15.3 Å². The summed E-state index contributed by atoms with van der Waals surface area (Å²) in [4.78, 5) is 8.53. The number of rotatable bonds is 4. The molecule has 0 saturated heterocycles. The third-order valence-corrected chi connectivity index (χ3v) is 2.57. The van der Waals surface area contributed by atoms with E-state index in [-0.39, 0.29) is 6.04 Å². The molecule has 2 aromatic rings. The molecule has 0 aliphatic rings. The molecule has 4 heteroatoms. The van der Waals surface area contributed by atoms with Crippen LogP contribution in [0.4, 0.5) is 0 Å². The van der Waals surface area contributed by atoms with Gasteiger partial charge < -0.3 is 9.73 Å². The van der Waals surface area contributed by atoms with Crippen LogP contribution in [0.25, 0.3) is 0 Å². The van der Waals surface area contributed by atoms with Crippen LogP contribution in [0.3, 0.4) is 0 Å². The van der Waals surface area contributed by atoms with Gasteiger partial charge in [0.1, 0.15) is 5.76 Å². The second-order valence-electron chi connectivity index (χ2n) is 4.24. The summed E-state index contributed by atoms with van der Waals surface area (Å²) in [7, 11) is 0. The fraction of sp³-hybridized carbons (Fsp3) is 0.385. The molecule has 0 aliphatic heterocycles. The van der Waals surface area contributed by atoms with Gasteiger partial charge in [0.25, 0.3) is 0 Å². The maximum absolute atomic E-state index is 5.46. The van der Waals surface area contributed by atoms with Gasteiger partial charge in [-0.1, -0.05) is 6.07 Å². The highest BCUT2D eigenvalue weighted by atomic mass is 16.4. The molecule has 1 unspecified atom stereocenters. The maximum atomic E-state index is 5.46. The minimum atomic E-state index is 0.0896. The summed E-state index contributed by atoms with van der Waals surface area (Å²) >= 11 is 0. The predicted molar refractivity (Wildman–Crippen MR) is 65.5 cm³/mol. The van der Waals surface area contributed by atoms with E-state index in [0.717, 1.165) is 17.3 Å². The van der Waals surface area contributed by atoms with Crippen LogP contribution >= 0.6 is 0 Å². The quantitative estimate of drug-likeness (QED) is 0.878. The Kier molecular flexibility index (Phi) is 3.54. The molecule has 0 radical (unpaired) electrons. The van der Waals surface area contributed by atoms with E-state index in [2.05, 4.69) is 21.4 Å². The molecule has 1 N–H and O–H groups in total. The largest absolute Gasteiger partial charge is 0.444 e. The molecule has 2 aromatic heterocycles. The molecule has 90 valence electrons. The van der Waals surface area contributed by atoms with E-state index in [1.54, 1.807) is 6.20 Å². The number of hydrogen-bond donors (Lipinski definition) is 1. The Morgan fingerprint density at radius 2 is 2.06 bits per heavy atom. The maximum Gasteiger partial charge on any atom is 0.211 e. The first-order valence-electron chi connectivity index (χ1n) is 5.72. The average Bonchev–Trinajstić information content (AvgIpc) is 2.75. The molecule has 0 spiro atoms. The second kappa shape index (κ2) is 5.10. The van der Waals surface area contributed by atoms with Crippen LogP contribution in [-0.2, 0) is 6.54 Å². The lowest BCUT2D eigenvalue weighted by Gasteiger charge is -2.09. The van der Waals surface area contributed by atoms with Crippen molar-refractivity contribution >= 4 is 0 Å². The molecule has 17 heavy (non-hydrogen) atoms. The van der Waals surface area contributed by atoms with Gasteiger partial charge in [-0.25, -0.2) is 4.98 Å². The first-order chi connectivity index (χ1) is 8.15. The Bertz CT molecular complexity index is 476. The molecule has 0 aliphatic carbocycles. The van der Waals surface area contributed by atoms with Gasteiger partial charge in [0.15, 0.2) is 0 Å². The monoisotopic (exact) mass is 231 g/mol. The molecule has 0 saturated carbocycles. The van der Waals surface area contributed by atoms with E-state index < -0.39 is 0 Å². The Balaban J connectivity index is 1.92. The molecular weight excluding hydrogens is 214 g/mol. The number of nitrogens with one attached hydrogen (secondary N) is 1. The molecule has 0 bridgehead atoms. The van der Waals surface area contributed by atoms with Gasteiger partial charge in [0.2, 0.25) is 5.89 Å². The van der Waals surface area contributed by atoms with Crippen molar-refractivity contribution in [3.05, 3.63) is 47.4 Å². The highest BCUT2D eigenvalue weighted by Gasteiger charge is 2.10. The van der Waals surface area contributed by atoms with E-state index in [0.29, 0.717) is 6.54 Å². The molecule has 0 fully saturated rings. The lowest BCUT2D eigenvalue weighted by molar-refractivity contribution is 0.401. The van der Waals surface area contributed by atoms with E-state index in [1.165, 1.54) is 5.56 Å². The molecule has 2 heterocycles. The first kappa shape index (κ1) is 11.8. The van der Waals surface area contributed by atoms with Crippen LogP contribution in [0.5, 0.6) is 0 Å². The van der Waals surface area contributed by atoms with Crippen molar-refractivity contribution in [2.45, 2.75) is 33.4 Å². The summed E-state index contributed by atoms with van der Waals surface area (Å²) in [5.74, 6) is 1.55. The number of hydrogen-bond acceptors (Lipinski definition) is 4. The Hall–Kier alpha value is -1.68. The lowest BCUT2D eigenvalue weighted by atomic mass is 10.2. The van der Waals surface area contributed by atoms with Crippen molar-refractivity contribution in [1.29, 1.82) is 0 Å². The van der Waals surface area contributed by atoms with Crippen molar-refractivity contribution in [2.24, 2.45) is 0 Å². The Morgan fingerprint density at radius 1 is 1.24 bits per heavy atom. The molecule has 0 aromatic carbocycles. The normalized spacial score (nSPS) is 12.6. The summed E-state index contributed by atoms with van der Waals surface area (Å²) < 4.78 is 5.46. The molecule has 2 rings (SSSR count). The zero-order valence-electron chi connectivity index (χ0n) is 10.4. The number of aryl methyl sites for hydroxylation is 2. The van der Waals surface area contributed by atoms with Crippen LogP contribution in [0.15, 0.2) is 28.9 Å². The average molecular weight is 231 g/mol. The van der Waals surface area contributed by atoms with Gasteiger partial charge in [-0.3, -0.25) is 4.98 Å². The molecule has 1 atom stereocenters. The number of nitrogens with zero attached hydrogens (tertiary/aromatic N) is 2. The summed E-state index contributed by atoms with van der Waals surface area (Å²) in [5.41, 5.74) is 2.19. The van der Waals surface area contributed by atoms with E-state index in [4.69, 9.17) is 4.42 Å². The van der Waals surface area contributed by atoms with Gasteiger partial charge in [0, 0.05) is 12.7 Å². The van der Waals surface area contributed by atoms with Crippen LogP contribution in [0.2, 0.25) is 0 Å². The van der Waals surface area contributed by atoms with Gasteiger partial charge in [0.05, 0.1) is 17.9 Å². The third kappa shape index (κ3) is 3.14. The second-order valence-corrected chi connectivity index (χ2v) is 4.24. The zero-order valence-corrected chi connectivity index (χ0v) is 10.4. The van der Waals surface area contributed by atoms with Crippen LogP contribution < -0.4 is 5.32 Å². The topological polar surface area (TPSA) is 51.0 Å². The molecule has 0 amide bonds. The Morgan fingerprint density at radius 3 is 2.65 bits per heavy atom. The summed E-state index contributed by atoms with van der Waals surface area (Å²) in [6, 6.07) is 4.17.